The molecule has 4 atom stereocenters. The van der Waals surface area contributed by atoms with Gasteiger partial charge in [-0.15, -0.1) is 0 Å². The van der Waals surface area contributed by atoms with Gasteiger partial charge in [-0.1, -0.05) is 29.5 Å². The van der Waals surface area contributed by atoms with Gasteiger partial charge in [-0.05, 0) is 19.1 Å². The number of benzene rings is 1. The Morgan fingerprint density at radius 1 is 0.962 bits per heavy atom. The van der Waals surface area contributed by atoms with E-state index in [0.717, 1.165) is 10.5 Å². The van der Waals surface area contributed by atoms with Crippen molar-refractivity contribution in [2.24, 2.45) is 0 Å². The molecule has 0 amide bonds. The Morgan fingerprint density at radius 3 is 2.08 bits per heavy atom. The lowest BCUT2D eigenvalue weighted by Gasteiger charge is -2.23. The summed E-state index contributed by atoms with van der Waals surface area (Å²) in [6, 6.07) is 7.76. The summed E-state index contributed by atoms with van der Waals surface area (Å²) in [6.07, 6.45) is -2.41. The second-order valence-corrected chi connectivity index (χ2v) is 7.10. The minimum atomic E-state index is -0.862. The van der Waals surface area contributed by atoms with Crippen LogP contribution in [0.5, 0.6) is 0 Å². The summed E-state index contributed by atoms with van der Waals surface area (Å²) >= 11 is 1.35. The molecule has 1 aliphatic heterocycles. The molecule has 8 heteroatoms. The number of esters is 3. The lowest BCUT2D eigenvalue weighted by molar-refractivity contribution is -0.165. The fourth-order valence-electron chi connectivity index (χ4n) is 2.52. The quantitative estimate of drug-likeness (QED) is 0.547. The van der Waals surface area contributed by atoms with Crippen LogP contribution in [0.1, 0.15) is 26.3 Å². The van der Waals surface area contributed by atoms with Crippen molar-refractivity contribution in [2.45, 2.75) is 56.3 Å². The van der Waals surface area contributed by atoms with E-state index in [1.165, 1.54) is 32.5 Å². The molecule has 1 fully saturated rings. The van der Waals surface area contributed by atoms with Crippen molar-refractivity contribution in [3.63, 3.8) is 0 Å². The van der Waals surface area contributed by atoms with E-state index in [-0.39, 0.29) is 6.61 Å². The summed E-state index contributed by atoms with van der Waals surface area (Å²) < 4.78 is 21.6. The highest BCUT2D eigenvalue weighted by Gasteiger charge is 2.50. The minimum absolute atomic E-state index is 0.101. The molecular weight excluding hydrogens is 360 g/mol. The van der Waals surface area contributed by atoms with Crippen LogP contribution in [-0.2, 0) is 33.3 Å². The molecule has 26 heavy (non-hydrogen) atoms. The van der Waals surface area contributed by atoms with E-state index < -0.39 is 41.7 Å². The largest absolute Gasteiger partial charge is 0.463 e. The van der Waals surface area contributed by atoms with Gasteiger partial charge in [0, 0.05) is 25.7 Å². The molecule has 0 unspecified atom stereocenters. The highest BCUT2D eigenvalue weighted by Crippen LogP contribution is 2.37. The normalized spacial score (nSPS) is 24.8. The maximum absolute atomic E-state index is 11.5. The molecule has 0 aliphatic carbocycles. The predicted molar refractivity (Wildman–Crippen MR) is 93.4 cm³/mol. The number of carbonyl (C=O) groups excluding carboxylic acids is 3. The van der Waals surface area contributed by atoms with Crippen LogP contribution in [0.3, 0.4) is 0 Å². The van der Waals surface area contributed by atoms with Crippen LogP contribution in [0.25, 0.3) is 0 Å². The molecule has 2 rings (SSSR count). The highest BCUT2D eigenvalue weighted by molar-refractivity contribution is 7.99. The number of hydrogen-bond acceptors (Lipinski definition) is 8. The molecule has 7 nitrogen and oxygen atoms in total. The molecule has 1 heterocycles. The van der Waals surface area contributed by atoms with Crippen molar-refractivity contribution in [1.29, 1.82) is 0 Å². The molecule has 1 saturated heterocycles. The molecule has 0 saturated carbocycles. The second-order valence-electron chi connectivity index (χ2n) is 5.92. The van der Waals surface area contributed by atoms with E-state index in [1.54, 1.807) is 0 Å². The van der Waals surface area contributed by atoms with E-state index in [9.17, 15) is 14.4 Å². The summed E-state index contributed by atoms with van der Waals surface area (Å²) in [6.45, 7) is 5.69. The topological polar surface area (TPSA) is 88.1 Å². The first-order valence-corrected chi connectivity index (χ1v) is 9.01. The Hall–Kier alpha value is -2.06. The van der Waals surface area contributed by atoms with Gasteiger partial charge in [-0.3, -0.25) is 14.4 Å². The van der Waals surface area contributed by atoms with Gasteiger partial charge in [0.15, 0.2) is 12.2 Å². The van der Waals surface area contributed by atoms with Gasteiger partial charge in [-0.25, -0.2) is 0 Å². The van der Waals surface area contributed by atoms with Gasteiger partial charge in [0.1, 0.15) is 18.1 Å². The number of carbonyl (C=O) groups is 3. The molecule has 0 N–H and O–H groups in total. The number of rotatable bonds is 6. The van der Waals surface area contributed by atoms with Gasteiger partial charge >= 0.3 is 17.9 Å². The van der Waals surface area contributed by atoms with Crippen molar-refractivity contribution >= 4 is 29.7 Å². The molecule has 0 spiro atoms. The number of thioether (sulfide) groups is 1. The standard InChI is InChI=1S/C18H22O7S/c1-10-5-7-14(8-6-10)26-18-17(24-13(4)21)16(23-12(3)20)15(25-18)9-22-11(2)19/h5-8,15-18H,9H2,1-4H3/t15-,16-,17-,18-/m1/s1. The molecule has 0 aromatic heterocycles. The molecule has 0 radical (unpaired) electrons. The molecule has 1 aromatic carbocycles. The van der Waals surface area contributed by atoms with E-state index in [1.807, 2.05) is 31.2 Å². The molecule has 142 valence electrons. The molecule has 1 aliphatic rings. The van der Waals surface area contributed by atoms with Crippen LogP contribution in [0.2, 0.25) is 0 Å². The summed E-state index contributed by atoms with van der Waals surface area (Å²) in [4.78, 5) is 35.0. The third-order valence-corrected chi connectivity index (χ3v) is 4.75. The molecule has 0 bridgehead atoms. The van der Waals surface area contributed by atoms with Crippen LogP contribution in [-0.4, -0.2) is 48.3 Å². The zero-order valence-corrected chi connectivity index (χ0v) is 15.9. The summed E-state index contributed by atoms with van der Waals surface area (Å²) in [5.74, 6) is -1.53. The van der Waals surface area contributed by atoms with Gasteiger partial charge in [-0.2, -0.15) is 0 Å². The average Bonchev–Trinajstić information content (AvgIpc) is 2.84. The summed E-state index contributed by atoms with van der Waals surface area (Å²) in [5, 5.41) is 0. The van der Waals surface area contributed by atoms with E-state index in [2.05, 4.69) is 0 Å². The number of aryl methyl sites for hydroxylation is 1. The zero-order valence-electron chi connectivity index (χ0n) is 15.1. The second kappa shape index (κ2) is 9.05. The fraction of sp³-hybridized carbons (Fsp3) is 0.500. The van der Waals surface area contributed by atoms with Crippen LogP contribution < -0.4 is 0 Å². The first-order valence-electron chi connectivity index (χ1n) is 8.13. The first-order chi connectivity index (χ1) is 12.3. The lowest BCUT2D eigenvalue weighted by Crippen LogP contribution is -2.40. The molecular formula is C18H22O7S. The Balaban J connectivity index is 2.22. The Morgan fingerprint density at radius 2 is 1.54 bits per heavy atom. The van der Waals surface area contributed by atoms with E-state index in [0.29, 0.717) is 0 Å². The van der Waals surface area contributed by atoms with Gasteiger partial charge in [0.25, 0.3) is 0 Å². The van der Waals surface area contributed by atoms with Crippen LogP contribution in [0, 0.1) is 6.92 Å². The van der Waals surface area contributed by atoms with Crippen LogP contribution >= 0.6 is 11.8 Å². The van der Waals surface area contributed by atoms with Crippen molar-refractivity contribution in [3.8, 4) is 0 Å². The zero-order chi connectivity index (χ0) is 19.3. The third kappa shape index (κ3) is 5.74. The van der Waals surface area contributed by atoms with Crippen LogP contribution in [0.4, 0.5) is 0 Å². The Bertz CT molecular complexity index is 658. The summed E-state index contributed by atoms with van der Waals surface area (Å²) in [7, 11) is 0. The minimum Gasteiger partial charge on any atom is -0.463 e. The number of ether oxygens (including phenoxy) is 4. The van der Waals surface area contributed by atoms with Gasteiger partial charge < -0.3 is 18.9 Å². The Kier molecular flexibility index (Phi) is 7.05. The smallest absolute Gasteiger partial charge is 0.303 e. The maximum Gasteiger partial charge on any atom is 0.303 e. The van der Waals surface area contributed by atoms with Crippen molar-refractivity contribution < 1.29 is 33.3 Å². The van der Waals surface area contributed by atoms with Crippen molar-refractivity contribution in [3.05, 3.63) is 29.8 Å². The van der Waals surface area contributed by atoms with E-state index in [4.69, 9.17) is 18.9 Å². The van der Waals surface area contributed by atoms with Gasteiger partial charge in [0.2, 0.25) is 0 Å². The summed E-state index contributed by atoms with van der Waals surface area (Å²) in [5.41, 5.74) is 0.510. The highest BCUT2D eigenvalue weighted by atomic mass is 32.2. The predicted octanol–water partition coefficient (Wildman–Crippen LogP) is 2.24. The van der Waals surface area contributed by atoms with Crippen molar-refractivity contribution in [1.82, 2.24) is 0 Å². The lowest BCUT2D eigenvalue weighted by atomic mass is 10.1. The third-order valence-electron chi connectivity index (χ3n) is 3.60. The van der Waals surface area contributed by atoms with E-state index >= 15 is 0 Å². The maximum atomic E-state index is 11.5. The van der Waals surface area contributed by atoms with Gasteiger partial charge in [0.05, 0.1) is 0 Å². The Labute approximate surface area is 156 Å². The molecule has 1 aromatic rings. The SMILES string of the molecule is CC(=O)OC[C@H]1O[C@H](Sc2ccc(C)cc2)[C@H](OC(C)=O)[C@@H]1OC(C)=O. The van der Waals surface area contributed by atoms with Crippen molar-refractivity contribution in [2.75, 3.05) is 6.61 Å². The monoisotopic (exact) mass is 382 g/mol. The average molecular weight is 382 g/mol. The fourth-order valence-corrected chi connectivity index (χ4v) is 3.63. The first kappa shape index (κ1) is 20.3. The van der Waals surface area contributed by atoms with Crippen LogP contribution in [0.15, 0.2) is 29.2 Å². The number of hydrogen-bond donors (Lipinski definition) is 0.